The zero-order chi connectivity index (χ0) is 21.0. The standard InChI is InChI=1S/C18H22ClN3O5S2/c1-26-15-11-14(16(27-2)10-13(15)19)20-17(23)12-21-5-7-22(8-6-21)29(24,25)18-4-3-9-28-18/h3-4,9-11H,5-8,12H2,1-2H3,(H,20,23). The molecule has 1 aliphatic heterocycles. The molecule has 11 heteroatoms. The van der Waals surface area contributed by atoms with Crippen molar-refractivity contribution in [2.24, 2.45) is 0 Å². The fraction of sp³-hybridized carbons (Fsp3) is 0.389. The fourth-order valence-corrected chi connectivity index (χ4v) is 5.81. The maximum Gasteiger partial charge on any atom is 0.252 e. The third kappa shape index (κ3) is 5.01. The van der Waals surface area contributed by atoms with Crippen molar-refractivity contribution >= 4 is 44.6 Å². The predicted octanol–water partition coefficient (Wildman–Crippen LogP) is 2.36. The molecular formula is C18H22ClN3O5S2. The van der Waals surface area contributed by atoms with Gasteiger partial charge in [0.05, 0.1) is 31.5 Å². The summed E-state index contributed by atoms with van der Waals surface area (Å²) in [6, 6.07) is 6.50. The van der Waals surface area contributed by atoms with E-state index in [1.165, 1.54) is 29.9 Å². The summed E-state index contributed by atoms with van der Waals surface area (Å²) < 4.78 is 37.4. The maximum absolute atomic E-state index is 12.6. The second kappa shape index (κ2) is 9.31. The van der Waals surface area contributed by atoms with Gasteiger partial charge in [0.25, 0.3) is 10.0 Å². The minimum Gasteiger partial charge on any atom is -0.495 e. The molecule has 3 rings (SSSR count). The van der Waals surface area contributed by atoms with Gasteiger partial charge in [-0.05, 0) is 11.4 Å². The Bertz CT molecular complexity index is 958. The number of hydrogen-bond donors (Lipinski definition) is 1. The van der Waals surface area contributed by atoms with Crippen LogP contribution in [0, 0.1) is 0 Å². The van der Waals surface area contributed by atoms with Crippen LogP contribution in [-0.2, 0) is 14.8 Å². The number of anilines is 1. The van der Waals surface area contributed by atoms with Crippen LogP contribution in [0.3, 0.4) is 0 Å². The molecule has 1 aromatic carbocycles. The average Bonchev–Trinajstić information content (AvgIpc) is 3.25. The third-order valence-electron chi connectivity index (χ3n) is 4.54. The number of benzene rings is 1. The molecule has 0 unspecified atom stereocenters. The van der Waals surface area contributed by atoms with Gasteiger partial charge in [-0.2, -0.15) is 4.31 Å². The Hall–Kier alpha value is -1.85. The smallest absolute Gasteiger partial charge is 0.252 e. The topological polar surface area (TPSA) is 88.2 Å². The highest BCUT2D eigenvalue weighted by atomic mass is 35.5. The Morgan fingerprint density at radius 2 is 1.86 bits per heavy atom. The van der Waals surface area contributed by atoms with Crippen LogP contribution in [0.4, 0.5) is 5.69 Å². The number of amides is 1. The van der Waals surface area contributed by atoms with Crippen LogP contribution in [-0.4, -0.2) is 70.5 Å². The Labute approximate surface area is 179 Å². The molecule has 158 valence electrons. The highest BCUT2D eigenvalue weighted by molar-refractivity contribution is 7.91. The summed E-state index contributed by atoms with van der Waals surface area (Å²) >= 11 is 7.29. The zero-order valence-electron chi connectivity index (χ0n) is 16.1. The quantitative estimate of drug-likeness (QED) is 0.683. The van der Waals surface area contributed by atoms with Gasteiger partial charge in [0.2, 0.25) is 5.91 Å². The summed E-state index contributed by atoms with van der Waals surface area (Å²) in [5, 5.41) is 4.92. The van der Waals surface area contributed by atoms with E-state index in [0.717, 1.165) is 0 Å². The highest BCUT2D eigenvalue weighted by Crippen LogP contribution is 2.35. The van der Waals surface area contributed by atoms with Crippen molar-refractivity contribution in [2.45, 2.75) is 4.21 Å². The normalized spacial score (nSPS) is 15.8. The Balaban J connectivity index is 1.58. The molecule has 0 bridgehead atoms. The van der Waals surface area contributed by atoms with Crippen LogP contribution in [0.5, 0.6) is 11.5 Å². The van der Waals surface area contributed by atoms with E-state index in [2.05, 4.69) is 5.32 Å². The number of thiophene rings is 1. The summed E-state index contributed by atoms with van der Waals surface area (Å²) in [7, 11) is -0.482. The van der Waals surface area contributed by atoms with E-state index in [4.69, 9.17) is 21.1 Å². The first-order valence-corrected chi connectivity index (χ1v) is 11.5. The summed E-state index contributed by atoms with van der Waals surface area (Å²) in [5.74, 6) is 0.619. The van der Waals surface area contributed by atoms with Crippen LogP contribution >= 0.6 is 22.9 Å². The van der Waals surface area contributed by atoms with Crippen LogP contribution in [0.25, 0.3) is 0 Å². The van der Waals surface area contributed by atoms with Gasteiger partial charge in [-0.1, -0.05) is 17.7 Å². The van der Waals surface area contributed by atoms with Gasteiger partial charge in [-0.3, -0.25) is 9.69 Å². The minimum absolute atomic E-state index is 0.140. The van der Waals surface area contributed by atoms with E-state index in [0.29, 0.717) is 52.6 Å². The number of nitrogens with one attached hydrogen (secondary N) is 1. The largest absolute Gasteiger partial charge is 0.495 e. The summed E-state index contributed by atoms with van der Waals surface area (Å²) in [5.41, 5.74) is 0.456. The number of halogens is 1. The lowest BCUT2D eigenvalue weighted by molar-refractivity contribution is -0.117. The Morgan fingerprint density at radius 1 is 1.17 bits per heavy atom. The molecule has 8 nitrogen and oxygen atoms in total. The number of ether oxygens (including phenoxy) is 2. The number of carbonyl (C=O) groups excluding carboxylic acids is 1. The Morgan fingerprint density at radius 3 is 2.45 bits per heavy atom. The van der Waals surface area contributed by atoms with Gasteiger partial charge < -0.3 is 14.8 Å². The number of hydrogen-bond acceptors (Lipinski definition) is 7. The minimum atomic E-state index is -3.46. The van der Waals surface area contributed by atoms with E-state index in [1.807, 2.05) is 4.90 Å². The van der Waals surface area contributed by atoms with Crippen molar-refractivity contribution in [1.82, 2.24) is 9.21 Å². The van der Waals surface area contributed by atoms with Crippen molar-refractivity contribution in [2.75, 3.05) is 52.3 Å². The molecule has 1 fully saturated rings. The van der Waals surface area contributed by atoms with E-state index >= 15 is 0 Å². The summed E-state index contributed by atoms with van der Waals surface area (Å²) in [4.78, 5) is 14.4. The van der Waals surface area contributed by atoms with Crippen LogP contribution in [0.1, 0.15) is 0 Å². The molecule has 1 N–H and O–H groups in total. The van der Waals surface area contributed by atoms with Crippen molar-refractivity contribution in [1.29, 1.82) is 0 Å². The summed E-state index contributed by atoms with van der Waals surface area (Å²) in [6.07, 6.45) is 0. The lowest BCUT2D eigenvalue weighted by Gasteiger charge is -2.33. The van der Waals surface area contributed by atoms with Crippen molar-refractivity contribution in [3.8, 4) is 11.5 Å². The van der Waals surface area contributed by atoms with Gasteiger partial charge in [0, 0.05) is 38.3 Å². The van der Waals surface area contributed by atoms with Crippen LogP contribution < -0.4 is 14.8 Å². The van der Waals surface area contributed by atoms with E-state index in [-0.39, 0.29) is 12.5 Å². The maximum atomic E-state index is 12.6. The molecule has 0 radical (unpaired) electrons. The van der Waals surface area contributed by atoms with Gasteiger partial charge in [-0.25, -0.2) is 8.42 Å². The highest BCUT2D eigenvalue weighted by Gasteiger charge is 2.29. The number of methoxy groups -OCH3 is 2. The van der Waals surface area contributed by atoms with Crippen molar-refractivity contribution in [3.63, 3.8) is 0 Å². The lowest BCUT2D eigenvalue weighted by Crippen LogP contribution is -2.50. The average molecular weight is 460 g/mol. The first-order chi connectivity index (χ1) is 13.8. The molecule has 0 aliphatic carbocycles. The molecule has 0 spiro atoms. The van der Waals surface area contributed by atoms with Gasteiger partial charge in [0.1, 0.15) is 15.7 Å². The summed E-state index contributed by atoms with van der Waals surface area (Å²) in [6.45, 7) is 1.76. The first-order valence-electron chi connectivity index (χ1n) is 8.82. The van der Waals surface area contributed by atoms with Crippen molar-refractivity contribution in [3.05, 3.63) is 34.7 Å². The van der Waals surface area contributed by atoms with Crippen molar-refractivity contribution < 1.29 is 22.7 Å². The van der Waals surface area contributed by atoms with E-state index in [9.17, 15) is 13.2 Å². The molecule has 29 heavy (non-hydrogen) atoms. The molecule has 0 atom stereocenters. The number of carbonyl (C=O) groups is 1. The van der Waals surface area contributed by atoms with Crippen LogP contribution in [0.2, 0.25) is 5.02 Å². The number of sulfonamides is 1. The molecule has 0 saturated carbocycles. The molecular weight excluding hydrogens is 438 g/mol. The molecule has 1 saturated heterocycles. The molecule has 1 amide bonds. The number of piperazine rings is 1. The van der Waals surface area contributed by atoms with E-state index < -0.39 is 10.0 Å². The zero-order valence-corrected chi connectivity index (χ0v) is 18.4. The number of rotatable bonds is 7. The third-order valence-corrected chi connectivity index (χ3v) is 8.10. The fourth-order valence-electron chi connectivity index (χ4n) is 3.02. The monoisotopic (exact) mass is 459 g/mol. The molecule has 2 heterocycles. The Kier molecular flexibility index (Phi) is 7.01. The first kappa shape index (κ1) is 21.8. The predicted molar refractivity (Wildman–Crippen MR) is 113 cm³/mol. The van der Waals surface area contributed by atoms with Gasteiger partial charge >= 0.3 is 0 Å². The lowest BCUT2D eigenvalue weighted by atomic mass is 10.2. The van der Waals surface area contributed by atoms with Gasteiger partial charge in [-0.15, -0.1) is 11.3 Å². The van der Waals surface area contributed by atoms with Gasteiger partial charge in [0.15, 0.2) is 0 Å². The molecule has 1 aliphatic rings. The SMILES string of the molecule is COc1cc(NC(=O)CN2CCN(S(=O)(=O)c3cccs3)CC2)c(OC)cc1Cl. The second-order valence-electron chi connectivity index (χ2n) is 6.35. The second-order valence-corrected chi connectivity index (χ2v) is 9.87. The number of nitrogens with zero attached hydrogens (tertiary/aromatic N) is 2. The van der Waals surface area contributed by atoms with E-state index in [1.54, 1.807) is 29.6 Å². The molecule has 2 aromatic rings. The molecule has 1 aromatic heterocycles. The van der Waals surface area contributed by atoms with Crippen LogP contribution in [0.15, 0.2) is 33.9 Å².